The van der Waals surface area contributed by atoms with E-state index in [1.165, 1.54) is 36.4 Å². The zero-order valence-electron chi connectivity index (χ0n) is 15.3. The van der Waals surface area contributed by atoms with Gasteiger partial charge in [0.15, 0.2) is 21.4 Å². The quantitative estimate of drug-likeness (QED) is 0.565. The van der Waals surface area contributed by atoms with Gasteiger partial charge in [-0.25, -0.2) is 8.42 Å². The average molecular weight is 405 g/mol. The van der Waals surface area contributed by atoms with Gasteiger partial charge in [-0.1, -0.05) is 36.4 Å². The third kappa shape index (κ3) is 3.25. The van der Waals surface area contributed by atoms with Gasteiger partial charge in [-0.2, -0.15) is 0 Å². The number of hydrogen-bond donors (Lipinski definition) is 1. The van der Waals surface area contributed by atoms with E-state index >= 15 is 0 Å². The van der Waals surface area contributed by atoms with Gasteiger partial charge >= 0.3 is 0 Å². The first kappa shape index (κ1) is 18.8. The molecule has 7 heteroatoms. The molecular weight excluding hydrogens is 390 g/mol. The van der Waals surface area contributed by atoms with Crippen LogP contribution in [0.15, 0.2) is 71.6 Å². The summed E-state index contributed by atoms with van der Waals surface area (Å²) in [7, 11) is -3.59. The largest absolute Gasteiger partial charge is 0.322 e. The minimum absolute atomic E-state index is 0.000434. The van der Waals surface area contributed by atoms with Gasteiger partial charge in [-0.15, -0.1) is 0 Å². The molecule has 0 bridgehead atoms. The third-order valence-corrected chi connectivity index (χ3v) is 5.87. The van der Waals surface area contributed by atoms with Crippen LogP contribution in [0.4, 0.5) is 5.69 Å². The van der Waals surface area contributed by atoms with E-state index in [1.54, 1.807) is 30.3 Å². The summed E-state index contributed by atoms with van der Waals surface area (Å²) in [6, 6.07) is 16.9. The van der Waals surface area contributed by atoms with Crippen molar-refractivity contribution in [3.05, 3.63) is 94.5 Å². The lowest BCUT2D eigenvalue weighted by atomic mass is 9.84. The fourth-order valence-electron chi connectivity index (χ4n) is 3.35. The van der Waals surface area contributed by atoms with Crippen molar-refractivity contribution >= 4 is 33.0 Å². The number of fused-ring (bicyclic) bond motifs is 2. The second kappa shape index (κ2) is 6.79. The van der Waals surface area contributed by atoms with Gasteiger partial charge in [0.25, 0.3) is 5.91 Å². The van der Waals surface area contributed by atoms with Gasteiger partial charge in [0.05, 0.1) is 10.5 Å². The van der Waals surface area contributed by atoms with E-state index in [0.29, 0.717) is 11.1 Å². The molecule has 3 aromatic carbocycles. The fraction of sp³-hybridized carbons (Fsp3) is 0.0455. The monoisotopic (exact) mass is 405 g/mol. The molecule has 0 saturated heterocycles. The van der Waals surface area contributed by atoms with E-state index in [0.717, 1.165) is 6.26 Å². The normalized spacial score (nSPS) is 12.9. The van der Waals surface area contributed by atoms with Crippen molar-refractivity contribution in [3.63, 3.8) is 0 Å². The summed E-state index contributed by atoms with van der Waals surface area (Å²) in [6.45, 7) is 0. The van der Waals surface area contributed by atoms with Gasteiger partial charge < -0.3 is 5.32 Å². The molecule has 6 nitrogen and oxygen atoms in total. The molecule has 1 aliphatic rings. The first-order chi connectivity index (χ1) is 13.8. The van der Waals surface area contributed by atoms with E-state index in [-0.39, 0.29) is 38.8 Å². The number of anilines is 1. The van der Waals surface area contributed by atoms with Crippen LogP contribution in [-0.4, -0.2) is 32.1 Å². The van der Waals surface area contributed by atoms with E-state index in [4.69, 9.17) is 0 Å². The number of sulfone groups is 1. The summed E-state index contributed by atoms with van der Waals surface area (Å²) in [5.74, 6) is -1.18. The highest BCUT2D eigenvalue weighted by Crippen LogP contribution is 2.29. The highest BCUT2D eigenvalue weighted by atomic mass is 32.2. The van der Waals surface area contributed by atoms with E-state index in [1.807, 2.05) is 0 Å². The Bertz CT molecular complexity index is 1310. The van der Waals surface area contributed by atoms with E-state index < -0.39 is 15.7 Å². The standard InChI is InChI=1S/C22H15NO5S/c1-29(27,28)19-9-5-4-8-17(19)22(26)23-13-10-11-16-18(12-13)21(25)15-7-3-2-6-14(15)20(16)24/h2-12H,1H3,(H,23,26). The van der Waals surface area contributed by atoms with Crippen LogP contribution in [0.1, 0.15) is 42.2 Å². The maximum atomic E-state index is 12.8. The smallest absolute Gasteiger partial charge is 0.256 e. The molecular formula is C22H15NO5S. The van der Waals surface area contributed by atoms with Crippen molar-refractivity contribution in [2.45, 2.75) is 4.90 Å². The Morgan fingerprint density at radius 3 is 1.97 bits per heavy atom. The topological polar surface area (TPSA) is 97.4 Å². The molecule has 0 aliphatic heterocycles. The van der Waals surface area contributed by atoms with Crippen LogP contribution in [0.2, 0.25) is 0 Å². The Balaban J connectivity index is 1.71. The maximum Gasteiger partial charge on any atom is 0.256 e. The predicted octanol–water partition coefficient (Wildman–Crippen LogP) is 3.12. The van der Waals surface area contributed by atoms with Crippen LogP contribution < -0.4 is 5.32 Å². The molecule has 1 N–H and O–H groups in total. The molecule has 4 rings (SSSR count). The van der Waals surface area contributed by atoms with Gasteiger partial charge in [0, 0.05) is 34.2 Å². The number of carbonyl (C=O) groups is 3. The number of carbonyl (C=O) groups excluding carboxylic acids is 3. The highest BCUT2D eigenvalue weighted by molar-refractivity contribution is 7.90. The van der Waals surface area contributed by atoms with Gasteiger partial charge in [0.2, 0.25) is 0 Å². The van der Waals surface area contributed by atoms with Crippen molar-refractivity contribution in [2.24, 2.45) is 0 Å². The van der Waals surface area contributed by atoms with Crippen LogP contribution in [0.5, 0.6) is 0 Å². The molecule has 1 amide bonds. The van der Waals surface area contributed by atoms with Crippen molar-refractivity contribution in [1.29, 1.82) is 0 Å². The summed E-state index contributed by atoms with van der Waals surface area (Å²) in [4.78, 5) is 38.0. The molecule has 1 aliphatic carbocycles. The SMILES string of the molecule is CS(=O)(=O)c1ccccc1C(=O)Nc1ccc2c(c1)C(=O)c1ccccc1C2=O. The second-order valence-electron chi connectivity index (χ2n) is 6.69. The summed E-state index contributed by atoms with van der Waals surface area (Å²) in [6.07, 6.45) is 1.03. The first-order valence-corrected chi connectivity index (χ1v) is 10.6. The Hall–Kier alpha value is -3.58. The summed E-state index contributed by atoms with van der Waals surface area (Å²) in [5.41, 5.74) is 1.42. The van der Waals surface area contributed by atoms with E-state index in [9.17, 15) is 22.8 Å². The summed E-state index contributed by atoms with van der Waals surface area (Å²) in [5, 5.41) is 2.61. The molecule has 29 heavy (non-hydrogen) atoms. The average Bonchev–Trinajstić information content (AvgIpc) is 2.71. The zero-order valence-corrected chi connectivity index (χ0v) is 16.1. The Morgan fingerprint density at radius 1 is 0.759 bits per heavy atom. The zero-order chi connectivity index (χ0) is 20.8. The first-order valence-electron chi connectivity index (χ1n) is 8.70. The molecule has 0 spiro atoms. The second-order valence-corrected chi connectivity index (χ2v) is 8.67. The Labute approximate surface area is 167 Å². The molecule has 0 unspecified atom stereocenters. The molecule has 0 saturated carbocycles. The summed E-state index contributed by atoms with van der Waals surface area (Å²) >= 11 is 0. The molecule has 0 fully saturated rings. The molecule has 3 aromatic rings. The van der Waals surface area contributed by atoms with Crippen molar-refractivity contribution in [1.82, 2.24) is 0 Å². The van der Waals surface area contributed by atoms with Gasteiger partial charge in [0.1, 0.15) is 0 Å². The number of amides is 1. The molecule has 0 aromatic heterocycles. The lowest BCUT2D eigenvalue weighted by Gasteiger charge is -2.18. The third-order valence-electron chi connectivity index (χ3n) is 4.71. The minimum Gasteiger partial charge on any atom is -0.322 e. The molecule has 0 atom stereocenters. The Morgan fingerprint density at radius 2 is 1.31 bits per heavy atom. The summed E-state index contributed by atoms with van der Waals surface area (Å²) < 4.78 is 23.9. The number of ketones is 2. The predicted molar refractivity (Wildman–Crippen MR) is 107 cm³/mol. The van der Waals surface area contributed by atoms with Crippen molar-refractivity contribution in [3.8, 4) is 0 Å². The van der Waals surface area contributed by atoms with Crippen LogP contribution in [-0.2, 0) is 9.84 Å². The molecule has 144 valence electrons. The lowest BCUT2D eigenvalue weighted by Crippen LogP contribution is -2.21. The van der Waals surface area contributed by atoms with E-state index in [2.05, 4.69) is 5.32 Å². The number of rotatable bonds is 3. The molecule has 0 radical (unpaired) electrons. The van der Waals surface area contributed by atoms with Crippen LogP contribution in [0.25, 0.3) is 0 Å². The Kier molecular flexibility index (Phi) is 4.39. The highest BCUT2D eigenvalue weighted by Gasteiger charge is 2.29. The van der Waals surface area contributed by atoms with Crippen LogP contribution in [0, 0.1) is 0 Å². The lowest BCUT2D eigenvalue weighted by molar-refractivity contribution is 0.0979. The fourth-order valence-corrected chi connectivity index (χ4v) is 4.24. The van der Waals surface area contributed by atoms with Gasteiger partial charge in [-0.3, -0.25) is 14.4 Å². The number of nitrogens with one attached hydrogen (secondary N) is 1. The van der Waals surface area contributed by atoms with Crippen molar-refractivity contribution < 1.29 is 22.8 Å². The maximum absolute atomic E-state index is 12.8. The number of benzene rings is 3. The molecule has 0 heterocycles. The number of hydrogen-bond acceptors (Lipinski definition) is 5. The van der Waals surface area contributed by atoms with Crippen LogP contribution >= 0.6 is 0 Å². The van der Waals surface area contributed by atoms with Gasteiger partial charge in [-0.05, 0) is 30.3 Å². The van der Waals surface area contributed by atoms with Crippen LogP contribution in [0.3, 0.4) is 0 Å². The van der Waals surface area contributed by atoms with Crippen molar-refractivity contribution in [2.75, 3.05) is 11.6 Å². The minimum atomic E-state index is -3.59.